The first-order valence-electron chi connectivity index (χ1n) is 11.4. The zero-order valence-corrected chi connectivity index (χ0v) is 17.8. The summed E-state index contributed by atoms with van der Waals surface area (Å²) in [6.07, 6.45) is 23.9. The number of unbranched alkanes of at least 4 members (excludes halogenated alkanes) is 14. The summed E-state index contributed by atoms with van der Waals surface area (Å²) in [4.78, 5) is 10.4. The maximum Gasteiger partial charge on any atom is 0.303 e. The fourth-order valence-corrected chi connectivity index (χ4v) is 3.59. The molecule has 26 heavy (non-hydrogen) atoms. The van der Waals surface area contributed by atoms with E-state index < -0.39 is 5.97 Å². The molecule has 0 aromatic carbocycles. The quantitative estimate of drug-likeness (QED) is 0.212. The smallest absolute Gasteiger partial charge is 0.303 e. The zero-order chi connectivity index (χ0) is 19.3. The Morgan fingerprint density at radius 1 is 0.692 bits per heavy atom. The van der Waals surface area contributed by atoms with Gasteiger partial charge in [-0.25, -0.2) is 0 Å². The Balaban J connectivity index is 3.29. The highest BCUT2D eigenvalue weighted by atomic mass is 16.5. The second kappa shape index (κ2) is 20.7. The molecule has 1 unspecified atom stereocenters. The lowest BCUT2D eigenvalue weighted by Crippen LogP contribution is -2.10. The molecule has 3 nitrogen and oxygen atoms in total. The topological polar surface area (TPSA) is 46.5 Å². The van der Waals surface area contributed by atoms with Gasteiger partial charge in [-0.1, -0.05) is 103 Å². The van der Waals surface area contributed by atoms with Crippen LogP contribution in [-0.4, -0.2) is 24.3 Å². The Kier molecular flexibility index (Phi) is 20.3. The van der Waals surface area contributed by atoms with E-state index in [4.69, 9.17) is 9.84 Å². The predicted octanol–water partition coefficient (Wildman–Crippen LogP) is 7.52. The molecule has 3 heteroatoms. The third kappa shape index (κ3) is 19.8. The number of hydrogen-bond acceptors (Lipinski definition) is 2. The summed E-state index contributed by atoms with van der Waals surface area (Å²) in [5.74, 6) is -0.661. The van der Waals surface area contributed by atoms with Crippen molar-refractivity contribution < 1.29 is 14.6 Å². The second-order valence-electron chi connectivity index (χ2n) is 7.88. The van der Waals surface area contributed by atoms with Crippen molar-refractivity contribution in [3.63, 3.8) is 0 Å². The van der Waals surface area contributed by atoms with Crippen molar-refractivity contribution in [2.75, 3.05) is 7.11 Å². The normalized spacial score (nSPS) is 12.4. The number of methoxy groups -OCH3 is 1. The lowest BCUT2D eigenvalue weighted by Gasteiger charge is -2.15. The molecule has 0 aliphatic heterocycles. The van der Waals surface area contributed by atoms with Crippen LogP contribution < -0.4 is 0 Å². The van der Waals surface area contributed by atoms with Gasteiger partial charge in [-0.2, -0.15) is 0 Å². The first-order chi connectivity index (χ1) is 12.7. The molecule has 0 spiro atoms. The SMILES string of the molecule is CCCCCCCCCC(CCCCCCCCCCCC(=O)O)OC. The Morgan fingerprint density at radius 3 is 1.46 bits per heavy atom. The number of carbonyl (C=O) groups is 1. The first-order valence-corrected chi connectivity index (χ1v) is 11.4. The molecule has 0 aliphatic carbocycles. The molecule has 0 saturated carbocycles. The summed E-state index contributed by atoms with van der Waals surface area (Å²) in [7, 11) is 1.87. The van der Waals surface area contributed by atoms with Gasteiger partial charge in [0.2, 0.25) is 0 Å². The summed E-state index contributed by atoms with van der Waals surface area (Å²) in [5, 5.41) is 8.58. The van der Waals surface area contributed by atoms with E-state index in [0.29, 0.717) is 12.5 Å². The van der Waals surface area contributed by atoms with Crippen LogP contribution >= 0.6 is 0 Å². The summed E-state index contributed by atoms with van der Waals surface area (Å²) >= 11 is 0. The van der Waals surface area contributed by atoms with Crippen molar-refractivity contribution in [2.45, 2.75) is 135 Å². The van der Waals surface area contributed by atoms with Crippen LogP contribution in [0.2, 0.25) is 0 Å². The minimum Gasteiger partial charge on any atom is -0.481 e. The average molecular weight is 371 g/mol. The number of hydrogen-bond donors (Lipinski definition) is 1. The molecule has 0 aromatic rings. The average Bonchev–Trinajstić information content (AvgIpc) is 2.63. The van der Waals surface area contributed by atoms with E-state index in [1.807, 2.05) is 7.11 Å². The van der Waals surface area contributed by atoms with Gasteiger partial charge in [0.1, 0.15) is 0 Å². The third-order valence-corrected chi connectivity index (χ3v) is 5.38. The van der Waals surface area contributed by atoms with Crippen molar-refractivity contribution in [2.24, 2.45) is 0 Å². The van der Waals surface area contributed by atoms with E-state index in [0.717, 1.165) is 12.8 Å². The Morgan fingerprint density at radius 2 is 1.08 bits per heavy atom. The van der Waals surface area contributed by atoms with Crippen LogP contribution in [0.25, 0.3) is 0 Å². The van der Waals surface area contributed by atoms with E-state index in [9.17, 15) is 4.79 Å². The lowest BCUT2D eigenvalue weighted by atomic mass is 10.0. The minimum atomic E-state index is -0.661. The number of carboxylic acids is 1. The molecule has 156 valence electrons. The highest BCUT2D eigenvalue weighted by Gasteiger charge is 2.06. The van der Waals surface area contributed by atoms with Crippen LogP contribution in [0.1, 0.15) is 129 Å². The van der Waals surface area contributed by atoms with E-state index >= 15 is 0 Å². The van der Waals surface area contributed by atoms with Gasteiger partial charge in [-0.15, -0.1) is 0 Å². The second-order valence-corrected chi connectivity index (χ2v) is 7.88. The van der Waals surface area contributed by atoms with Gasteiger partial charge < -0.3 is 9.84 Å². The van der Waals surface area contributed by atoms with E-state index in [2.05, 4.69) is 6.92 Å². The molecule has 0 aromatic heterocycles. The van der Waals surface area contributed by atoms with Crippen LogP contribution in [0.5, 0.6) is 0 Å². The first kappa shape index (κ1) is 25.4. The van der Waals surface area contributed by atoms with Crippen LogP contribution in [0.4, 0.5) is 0 Å². The molecule has 0 amide bonds. The molecule has 0 fully saturated rings. The number of ether oxygens (including phenoxy) is 1. The van der Waals surface area contributed by atoms with Gasteiger partial charge in [-0.05, 0) is 19.3 Å². The summed E-state index contributed by atoms with van der Waals surface area (Å²) in [6, 6.07) is 0. The van der Waals surface area contributed by atoms with Gasteiger partial charge >= 0.3 is 5.97 Å². The summed E-state index contributed by atoms with van der Waals surface area (Å²) in [5.41, 5.74) is 0. The monoisotopic (exact) mass is 370 g/mol. The maximum absolute atomic E-state index is 10.4. The number of carboxylic acid groups (broad SMARTS) is 1. The van der Waals surface area contributed by atoms with Crippen molar-refractivity contribution in [3.05, 3.63) is 0 Å². The highest BCUT2D eigenvalue weighted by molar-refractivity contribution is 5.66. The standard InChI is InChI=1S/C23H46O3/c1-3-4-5-6-10-13-16-19-22(26-2)20-17-14-11-8-7-9-12-15-18-21-23(24)25/h22H,3-21H2,1-2H3,(H,24,25). The van der Waals surface area contributed by atoms with E-state index in [-0.39, 0.29) is 0 Å². The Hall–Kier alpha value is -0.570. The van der Waals surface area contributed by atoms with Crippen molar-refractivity contribution in [3.8, 4) is 0 Å². The molecular formula is C23H46O3. The highest BCUT2D eigenvalue weighted by Crippen LogP contribution is 2.16. The lowest BCUT2D eigenvalue weighted by molar-refractivity contribution is -0.137. The maximum atomic E-state index is 10.4. The van der Waals surface area contributed by atoms with Crippen molar-refractivity contribution in [1.82, 2.24) is 0 Å². The molecule has 0 heterocycles. The fraction of sp³-hybridized carbons (Fsp3) is 0.957. The zero-order valence-electron chi connectivity index (χ0n) is 17.8. The molecule has 1 N–H and O–H groups in total. The Bertz CT molecular complexity index is 291. The largest absolute Gasteiger partial charge is 0.481 e. The van der Waals surface area contributed by atoms with Crippen LogP contribution in [0.15, 0.2) is 0 Å². The van der Waals surface area contributed by atoms with Crippen LogP contribution in [0, 0.1) is 0 Å². The molecular weight excluding hydrogens is 324 g/mol. The summed E-state index contributed by atoms with van der Waals surface area (Å²) < 4.78 is 5.65. The third-order valence-electron chi connectivity index (χ3n) is 5.38. The predicted molar refractivity (Wildman–Crippen MR) is 112 cm³/mol. The number of rotatable bonds is 21. The van der Waals surface area contributed by atoms with Gasteiger partial charge in [-0.3, -0.25) is 4.79 Å². The minimum absolute atomic E-state index is 0.333. The van der Waals surface area contributed by atoms with Crippen molar-refractivity contribution >= 4 is 5.97 Å². The van der Waals surface area contributed by atoms with E-state index in [1.54, 1.807) is 0 Å². The molecule has 0 saturated heterocycles. The summed E-state index contributed by atoms with van der Waals surface area (Å²) in [6.45, 7) is 2.27. The Labute approximate surface area is 163 Å². The molecule has 0 rings (SSSR count). The molecule has 0 bridgehead atoms. The molecule has 0 radical (unpaired) electrons. The molecule has 1 atom stereocenters. The van der Waals surface area contributed by atoms with Crippen LogP contribution in [-0.2, 0) is 9.53 Å². The van der Waals surface area contributed by atoms with Gasteiger partial charge in [0.15, 0.2) is 0 Å². The van der Waals surface area contributed by atoms with E-state index in [1.165, 1.54) is 103 Å². The fourth-order valence-electron chi connectivity index (χ4n) is 3.59. The number of aliphatic carboxylic acids is 1. The van der Waals surface area contributed by atoms with Gasteiger partial charge in [0, 0.05) is 13.5 Å². The van der Waals surface area contributed by atoms with Gasteiger partial charge in [0.05, 0.1) is 6.10 Å². The van der Waals surface area contributed by atoms with Gasteiger partial charge in [0.25, 0.3) is 0 Å². The van der Waals surface area contributed by atoms with Crippen molar-refractivity contribution in [1.29, 1.82) is 0 Å². The van der Waals surface area contributed by atoms with Crippen LogP contribution in [0.3, 0.4) is 0 Å². The molecule has 0 aliphatic rings.